The molecule has 2 amide bonds. The summed E-state index contributed by atoms with van der Waals surface area (Å²) in [6.07, 6.45) is 1.28. The van der Waals surface area contributed by atoms with Crippen LogP contribution in [-0.4, -0.2) is 17.6 Å². The highest BCUT2D eigenvalue weighted by molar-refractivity contribution is 6.28. The zero-order valence-corrected chi connectivity index (χ0v) is 5.22. The van der Waals surface area contributed by atoms with Gasteiger partial charge in [0.25, 0.3) is 0 Å². The van der Waals surface area contributed by atoms with E-state index in [1.807, 2.05) is 0 Å². The Labute approximate surface area is 52.5 Å². The normalized spacial score (nSPS) is 14.2. The van der Waals surface area contributed by atoms with Crippen molar-refractivity contribution in [3.05, 3.63) is 0 Å². The number of halogens is 1. The fourth-order valence-electron chi connectivity index (χ4n) is 0.176. The lowest BCUT2D eigenvalue weighted by Crippen LogP contribution is -2.06. The van der Waals surface area contributed by atoms with E-state index >= 15 is 0 Å². The van der Waals surface area contributed by atoms with Crippen LogP contribution in [0, 0.1) is 0 Å². The van der Waals surface area contributed by atoms with Gasteiger partial charge in [-0.2, -0.15) is 0 Å². The number of nitrogens with zero attached hydrogens (tertiary/aromatic N) is 1. The molecule has 0 saturated carbocycles. The van der Waals surface area contributed by atoms with Crippen molar-refractivity contribution < 1.29 is 4.79 Å². The Kier molecular flexibility index (Phi) is 3.19. The molecule has 3 nitrogen and oxygen atoms in total. The third-order valence-electron chi connectivity index (χ3n) is 0.407. The van der Waals surface area contributed by atoms with Crippen molar-refractivity contribution in [2.24, 2.45) is 10.7 Å². The second-order valence-electron chi connectivity index (χ2n) is 1.29. The topological polar surface area (TPSA) is 55.4 Å². The Morgan fingerprint density at radius 3 is 2.62 bits per heavy atom. The molecular weight excluding hydrogens is 128 g/mol. The molecule has 0 aromatic heterocycles. The summed E-state index contributed by atoms with van der Waals surface area (Å²) in [4.78, 5) is 13.1. The van der Waals surface area contributed by atoms with Crippen molar-refractivity contribution >= 4 is 23.8 Å². The van der Waals surface area contributed by atoms with Gasteiger partial charge in [-0.3, -0.25) is 0 Å². The second kappa shape index (κ2) is 3.43. The molecule has 0 aliphatic carbocycles. The largest absolute Gasteiger partial charge is 0.350 e. The molecule has 0 aromatic carbocycles. The Morgan fingerprint density at radius 2 is 2.50 bits per heavy atom. The molecule has 0 bridgehead atoms. The van der Waals surface area contributed by atoms with Crippen molar-refractivity contribution in [1.29, 1.82) is 0 Å². The average molecular weight is 135 g/mol. The van der Waals surface area contributed by atoms with Crippen LogP contribution in [0.15, 0.2) is 4.99 Å². The van der Waals surface area contributed by atoms with Crippen LogP contribution in [0.4, 0.5) is 4.79 Å². The SMILES string of the molecule is CC(Cl)/C=N/C(N)=O. The smallest absolute Gasteiger partial charge is 0.338 e. The Hall–Kier alpha value is -0.570. The van der Waals surface area contributed by atoms with Crippen LogP contribution in [-0.2, 0) is 0 Å². The summed E-state index contributed by atoms with van der Waals surface area (Å²) in [5.74, 6) is 0. The summed E-state index contributed by atoms with van der Waals surface area (Å²) in [5.41, 5.74) is 4.65. The van der Waals surface area contributed by atoms with Crippen molar-refractivity contribution in [2.75, 3.05) is 0 Å². The van der Waals surface area contributed by atoms with Crippen molar-refractivity contribution in [2.45, 2.75) is 12.3 Å². The average Bonchev–Trinajstić information content (AvgIpc) is 1.61. The van der Waals surface area contributed by atoms with E-state index in [9.17, 15) is 4.79 Å². The summed E-state index contributed by atoms with van der Waals surface area (Å²) in [6, 6.07) is -0.711. The predicted octanol–water partition coefficient (Wildman–Crippen LogP) is 0.763. The molecule has 1 unspecified atom stereocenters. The van der Waals surface area contributed by atoms with Crippen LogP contribution < -0.4 is 5.73 Å². The molecular formula is C4H7ClN2O. The number of carbonyl (C=O) groups excluding carboxylic acids is 1. The molecule has 2 N–H and O–H groups in total. The van der Waals surface area contributed by atoms with Crippen LogP contribution in [0.5, 0.6) is 0 Å². The molecule has 0 aliphatic heterocycles. The van der Waals surface area contributed by atoms with E-state index in [4.69, 9.17) is 11.6 Å². The first-order chi connectivity index (χ1) is 3.63. The fourth-order valence-corrected chi connectivity index (χ4v) is 0.233. The van der Waals surface area contributed by atoms with E-state index in [0.29, 0.717) is 0 Å². The molecule has 0 aromatic rings. The number of hydrogen-bond acceptors (Lipinski definition) is 1. The summed E-state index contributed by atoms with van der Waals surface area (Å²) in [6.45, 7) is 1.69. The number of carbonyl (C=O) groups is 1. The van der Waals surface area contributed by atoms with Gasteiger partial charge in [0.05, 0.1) is 5.38 Å². The van der Waals surface area contributed by atoms with E-state index in [0.717, 1.165) is 0 Å². The van der Waals surface area contributed by atoms with E-state index in [1.165, 1.54) is 6.21 Å². The fraction of sp³-hybridized carbons (Fsp3) is 0.500. The molecule has 0 aliphatic rings. The van der Waals surface area contributed by atoms with Crippen LogP contribution in [0.1, 0.15) is 6.92 Å². The maximum absolute atomic E-state index is 9.87. The molecule has 0 saturated heterocycles. The number of alkyl halides is 1. The van der Waals surface area contributed by atoms with Gasteiger partial charge in [-0.15, -0.1) is 11.6 Å². The van der Waals surface area contributed by atoms with Gasteiger partial charge in [-0.25, -0.2) is 9.79 Å². The van der Waals surface area contributed by atoms with E-state index < -0.39 is 6.03 Å². The number of amides is 2. The predicted molar refractivity (Wildman–Crippen MR) is 33.4 cm³/mol. The lowest BCUT2D eigenvalue weighted by atomic mass is 10.5. The van der Waals surface area contributed by atoms with E-state index in [2.05, 4.69) is 10.7 Å². The highest BCUT2D eigenvalue weighted by atomic mass is 35.5. The summed E-state index contributed by atoms with van der Waals surface area (Å²) in [7, 11) is 0. The Balaban J connectivity index is 3.50. The van der Waals surface area contributed by atoms with Gasteiger partial charge in [0.2, 0.25) is 0 Å². The van der Waals surface area contributed by atoms with Crippen LogP contribution in [0.3, 0.4) is 0 Å². The molecule has 1 atom stereocenters. The maximum Gasteiger partial charge on any atom is 0.338 e. The summed E-state index contributed by atoms with van der Waals surface area (Å²) >= 11 is 5.36. The van der Waals surface area contributed by atoms with Crippen LogP contribution in [0.25, 0.3) is 0 Å². The Bertz CT molecular complexity index is 111. The van der Waals surface area contributed by atoms with Gasteiger partial charge in [0, 0.05) is 6.21 Å². The van der Waals surface area contributed by atoms with Gasteiger partial charge in [-0.05, 0) is 6.92 Å². The standard InChI is InChI=1S/C4H7ClN2O/c1-3(5)2-7-4(6)8/h2-3H,1H3,(H2,6,8)/b7-2+. The number of nitrogens with two attached hydrogens (primary N) is 1. The zero-order valence-electron chi connectivity index (χ0n) is 4.47. The van der Waals surface area contributed by atoms with E-state index in [1.54, 1.807) is 6.92 Å². The highest BCUT2D eigenvalue weighted by Crippen LogP contribution is 1.86. The third-order valence-corrected chi connectivity index (χ3v) is 0.520. The maximum atomic E-state index is 9.87. The molecule has 0 heterocycles. The lowest BCUT2D eigenvalue weighted by Gasteiger charge is -1.85. The van der Waals surface area contributed by atoms with Gasteiger partial charge >= 0.3 is 6.03 Å². The van der Waals surface area contributed by atoms with Crippen molar-refractivity contribution in [1.82, 2.24) is 0 Å². The number of aliphatic imine (C=N–C) groups is 1. The molecule has 0 fully saturated rings. The molecule has 0 radical (unpaired) electrons. The van der Waals surface area contributed by atoms with E-state index in [-0.39, 0.29) is 5.38 Å². The number of rotatable bonds is 1. The first kappa shape index (κ1) is 7.43. The van der Waals surface area contributed by atoms with Gasteiger partial charge in [0.1, 0.15) is 0 Å². The monoisotopic (exact) mass is 134 g/mol. The van der Waals surface area contributed by atoms with Gasteiger partial charge in [-0.1, -0.05) is 0 Å². The number of hydrogen-bond donors (Lipinski definition) is 1. The quantitative estimate of drug-likeness (QED) is 0.418. The number of urea groups is 1. The van der Waals surface area contributed by atoms with Crippen LogP contribution in [0.2, 0.25) is 0 Å². The minimum atomic E-state index is -0.711. The second-order valence-corrected chi connectivity index (χ2v) is 1.98. The van der Waals surface area contributed by atoms with Crippen LogP contribution >= 0.6 is 11.6 Å². The molecule has 0 rings (SSSR count). The first-order valence-electron chi connectivity index (χ1n) is 2.10. The molecule has 4 heteroatoms. The van der Waals surface area contributed by atoms with Crippen molar-refractivity contribution in [3.63, 3.8) is 0 Å². The lowest BCUT2D eigenvalue weighted by molar-refractivity contribution is 0.257. The molecule has 8 heavy (non-hydrogen) atoms. The molecule has 46 valence electrons. The first-order valence-corrected chi connectivity index (χ1v) is 2.54. The van der Waals surface area contributed by atoms with Gasteiger partial charge in [0.15, 0.2) is 0 Å². The van der Waals surface area contributed by atoms with Gasteiger partial charge < -0.3 is 5.73 Å². The third kappa shape index (κ3) is 5.43. The number of primary amides is 1. The van der Waals surface area contributed by atoms with Crippen molar-refractivity contribution in [3.8, 4) is 0 Å². The molecule has 0 spiro atoms. The minimum absolute atomic E-state index is 0.234. The zero-order chi connectivity index (χ0) is 6.57. The highest BCUT2D eigenvalue weighted by Gasteiger charge is 1.87. The summed E-state index contributed by atoms with van der Waals surface area (Å²) in [5, 5.41) is -0.234. The minimum Gasteiger partial charge on any atom is -0.350 e. The summed E-state index contributed by atoms with van der Waals surface area (Å²) < 4.78 is 0. The Morgan fingerprint density at radius 1 is 2.00 bits per heavy atom.